The minimum absolute atomic E-state index is 0.0586. The lowest BCUT2D eigenvalue weighted by Gasteiger charge is -2.30. The second-order valence-corrected chi connectivity index (χ2v) is 5.03. The van der Waals surface area contributed by atoms with Crippen LogP contribution in [0.25, 0.3) is 0 Å². The van der Waals surface area contributed by atoms with Crippen molar-refractivity contribution in [2.75, 3.05) is 17.2 Å². The summed E-state index contributed by atoms with van der Waals surface area (Å²) < 4.78 is 0. The first-order valence-corrected chi connectivity index (χ1v) is 6.58. The van der Waals surface area contributed by atoms with Gasteiger partial charge in [0.1, 0.15) is 0 Å². The lowest BCUT2D eigenvalue weighted by molar-refractivity contribution is -0.384. The monoisotopic (exact) mass is 278 g/mol. The summed E-state index contributed by atoms with van der Waals surface area (Å²) in [6, 6.07) is 4.52. The van der Waals surface area contributed by atoms with Gasteiger partial charge in [-0.25, -0.2) is 0 Å². The Morgan fingerprint density at radius 2 is 2.05 bits per heavy atom. The Morgan fingerprint density at radius 1 is 1.40 bits per heavy atom. The van der Waals surface area contributed by atoms with Gasteiger partial charge in [-0.15, -0.1) is 0 Å². The molecule has 1 fully saturated rings. The first-order chi connectivity index (χ1) is 9.49. The normalized spacial score (nSPS) is 15.2. The first-order valence-electron chi connectivity index (χ1n) is 6.58. The number of non-ortho nitro benzene ring substituents is 1. The third-order valence-corrected chi connectivity index (χ3v) is 3.62. The van der Waals surface area contributed by atoms with Crippen molar-refractivity contribution in [1.82, 2.24) is 0 Å². The molecule has 108 valence electrons. The lowest BCUT2D eigenvalue weighted by Crippen LogP contribution is -2.40. The number of nitro groups is 1. The highest BCUT2D eigenvalue weighted by Gasteiger charge is 2.26. The molecule has 0 bridgehead atoms. The zero-order valence-corrected chi connectivity index (χ0v) is 11.1. The zero-order valence-electron chi connectivity index (χ0n) is 11.1. The number of nitro benzene ring substituents is 1. The fourth-order valence-corrected chi connectivity index (χ4v) is 2.71. The summed E-state index contributed by atoms with van der Waals surface area (Å²) in [4.78, 5) is 23.4. The highest BCUT2D eigenvalue weighted by atomic mass is 16.6. The van der Waals surface area contributed by atoms with Gasteiger partial charge in [-0.1, -0.05) is 12.8 Å². The minimum atomic E-state index is -0.492. The summed E-state index contributed by atoms with van der Waals surface area (Å²) in [7, 11) is 0. The maximum Gasteiger partial charge on any atom is 0.271 e. The van der Waals surface area contributed by atoms with E-state index in [1.165, 1.54) is 12.1 Å². The molecule has 0 heterocycles. The molecule has 7 heteroatoms. The molecule has 20 heavy (non-hydrogen) atoms. The molecule has 0 aromatic heterocycles. The molecule has 1 aromatic rings. The van der Waals surface area contributed by atoms with E-state index in [0.29, 0.717) is 11.4 Å². The topological polar surface area (TPSA) is 115 Å². The van der Waals surface area contributed by atoms with Crippen molar-refractivity contribution in [3.05, 3.63) is 28.3 Å². The molecule has 1 amide bonds. The number of rotatable bonds is 5. The Balaban J connectivity index is 2.32. The minimum Gasteiger partial charge on any atom is -0.397 e. The van der Waals surface area contributed by atoms with Crippen LogP contribution in [-0.4, -0.2) is 23.4 Å². The molecule has 1 saturated carbocycles. The summed E-state index contributed by atoms with van der Waals surface area (Å²) in [6.07, 6.45) is 4.16. The Kier molecular flexibility index (Phi) is 4.07. The first kappa shape index (κ1) is 14.1. The van der Waals surface area contributed by atoms with Gasteiger partial charge in [-0.05, 0) is 18.9 Å². The molecule has 7 nitrogen and oxygen atoms in total. The van der Waals surface area contributed by atoms with Crippen molar-refractivity contribution in [3.63, 3.8) is 0 Å². The van der Waals surface area contributed by atoms with Crippen LogP contribution in [0.2, 0.25) is 0 Å². The van der Waals surface area contributed by atoms with Crippen LogP contribution in [0.1, 0.15) is 25.7 Å². The molecule has 1 aliphatic rings. The van der Waals surface area contributed by atoms with Gasteiger partial charge in [0.05, 0.1) is 22.8 Å². The molecule has 0 aliphatic heterocycles. The van der Waals surface area contributed by atoms with E-state index < -0.39 is 10.8 Å². The Morgan fingerprint density at radius 3 is 2.55 bits per heavy atom. The fraction of sp³-hybridized carbons (Fsp3) is 0.462. The third-order valence-electron chi connectivity index (χ3n) is 3.62. The molecular weight excluding hydrogens is 260 g/mol. The number of nitrogens with zero attached hydrogens (tertiary/aromatic N) is 2. The summed E-state index contributed by atoms with van der Waals surface area (Å²) >= 11 is 0. The van der Waals surface area contributed by atoms with Gasteiger partial charge in [0, 0.05) is 18.2 Å². The van der Waals surface area contributed by atoms with Gasteiger partial charge in [-0.3, -0.25) is 14.9 Å². The van der Waals surface area contributed by atoms with Crippen LogP contribution in [0.3, 0.4) is 0 Å². The van der Waals surface area contributed by atoms with E-state index in [0.717, 1.165) is 25.7 Å². The van der Waals surface area contributed by atoms with Gasteiger partial charge in [0.15, 0.2) is 0 Å². The number of hydrogen-bond donors (Lipinski definition) is 2. The van der Waals surface area contributed by atoms with Crippen LogP contribution >= 0.6 is 0 Å². The van der Waals surface area contributed by atoms with Gasteiger partial charge < -0.3 is 16.4 Å². The number of hydrogen-bond acceptors (Lipinski definition) is 5. The number of anilines is 2. The largest absolute Gasteiger partial charge is 0.397 e. The van der Waals surface area contributed by atoms with E-state index in [9.17, 15) is 14.9 Å². The summed E-state index contributed by atoms with van der Waals surface area (Å²) in [5, 5.41) is 10.7. The fourth-order valence-electron chi connectivity index (χ4n) is 2.71. The van der Waals surface area contributed by atoms with E-state index in [1.807, 2.05) is 4.90 Å². The van der Waals surface area contributed by atoms with E-state index in [4.69, 9.17) is 11.5 Å². The molecular formula is C13H18N4O3. The lowest BCUT2D eigenvalue weighted by atomic mass is 10.1. The van der Waals surface area contributed by atoms with Crippen LogP contribution in [0.5, 0.6) is 0 Å². The average Bonchev–Trinajstić information content (AvgIpc) is 2.89. The van der Waals surface area contributed by atoms with Gasteiger partial charge in [-0.2, -0.15) is 0 Å². The van der Waals surface area contributed by atoms with Crippen LogP contribution in [0.4, 0.5) is 17.1 Å². The summed E-state index contributed by atoms with van der Waals surface area (Å²) in [5.74, 6) is -0.436. The smallest absolute Gasteiger partial charge is 0.271 e. The summed E-state index contributed by atoms with van der Waals surface area (Å²) in [6.45, 7) is 0.0761. The molecule has 2 rings (SSSR count). The Bertz CT molecular complexity index is 526. The quantitative estimate of drug-likeness (QED) is 0.480. The number of benzene rings is 1. The Labute approximate surface area is 116 Å². The SMILES string of the molecule is NC(=O)CN(c1ccc([N+](=O)[O-])cc1N)C1CCCC1. The van der Waals surface area contributed by atoms with Gasteiger partial charge >= 0.3 is 0 Å². The van der Waals surface area contributed by atoms with Crippen molar-refractivity contribution in [1.29, 1.82) is 0 Å². The van der Waals surface area contributed by atoms with Crippen molar-refractivity contribution < 1.29 is 9.72 Å². The Hall–Kier alpha value is -2.31. The van der Waals surface area contributed by atoms with E-state index in [2.05, 4.69) is 0 Å². The second-order valence-electron chi connectivity index (χ2n) is 5.03. The van der Waals surface area contributed by atoms with Gasteiger partial charge in [0.25, 0.3) is 5.69 Å². The highest BCUT2D eigenvalue weighted by molar-refractivity contribution is 5.82. The maximum absolute atomic E-state index is 11.3. The third kappa shape index (κ3) is 2.98. The van der Waals surface area contributed by atoms with E-state index in [-0.39, 0.29) is 18.3 Å². The number of primary amides is 1. The van der Waals surface area contributed by atoms with E-state index >= 15 is 0 Å². The van der Waals surface area contributed by atoms with Crippen molar-refractivity contribution in [2.45, 2.75) is 31.7 Å². The standard InChI is InChI=1S/C13H18N4O3/c14-11-7-10(17(19)20)5-6-12(11)16(8-13(15)18)9-3-1-2-4-9/h5-7,9H,1-4,8,14H2,(H2,15,18). The number of carbonyl (C=O) groups is 1. The molecule has 0 atom stereocenters. The van der Waals surface area contributed by atoms with Crippen molar-refractivity contribution >= 4 is 23.0 Å². The molecule has 0 radical (unpaired) electrons. The molecule has 0 unspecified atom stereocenters. The number of nitrogen functional groups attached to an aromatic ring is 1. The number of carbonyl (C=O) groups excluding carboxylic acids is 1. The summed E-state index contributed by atoms with van der Waals surface area (Å²) in [5.41, 5.74) is 12.1. The van der Waals surface area contributed by atoms with Gasteiger partial charge in [0.2, 0.25) is 5.91 Å². The molecule has 4 N–H and O–H groups in total. The van der Waals surface area contributed by atoms with Crippen LogP contribution in [0.15, 0.2) is 18.2 Å². The van der Waals surface area contributed by atoms with E-state index in [1.54, 1.807) is 6.07 Å². The van der Waals surface area contributed by atoms with Crippen molar-refractivity contribution in [2.24, 2.45) is 5.73 Å². The van der Waals surface area contributed by atoms with Crippen LogP contribution < -0.4 is 16.4 Å². The highest BCUT2D eigenvalue weighted by Crippen LogP contribution is 2.33. The predicted molar refractivity (Wildman–Crippen MR) is 76.3 cm³/mol. The molecule has 1 aromatic carbocycles. The zero-order chi connectivity index (χ0) is 14.7. The molecule has 0 spiro atoms. The average molecular weight is 278 g/mol. The predicted octanol–water partition coefficient (Wildman–Crippen LogP) is 1.41. The second kappa shape index (κ2) is 5.77. The van der Waals surface area contributed by atoms with Crippen LogP contribution in [0, 0.1) is 10.1 Å². The van der Waals surface area contributed by atoms with Crippen LogP contribution in [-0.2, 0) is 4.79 Å². The molecule has 1 aliphatic carbocycles. The van der Waals surface area contributed by atoms with Crippen molar-refractivity contribution in [3.8, 4) is 0 Å². The number of nitrogens with two attached hydrogens (primary N) is 2. The molecule has 0 saturated heterocycles. The maximum atomic E-state index is 11.3. The number of amides is 1.